The molecule has 0 aliphatic heterocycles. The first-order valence-electron chi connectivity index (χ1n) is 4.71. The SMILES string of the molecule is CS(=O)CCCNC(=O)NC(=O)/C=C/C(=O)O. The van der Waals surface area contributed by atoms with E-state index < -0.39 is 28.7 Å². The average Bonchev–Trinajstić information content (AvgIpc) is 2.21. The number of carboxylic acid groups (broad SMARTS) is 1. The zero-order chi connectivity index (χ0) is 13.3. The highest BCUT2D eigenvalue weighted by atomic mass is 32.2. The van der Waals surface area contributed by atoms with Crippen molar-refractivity contribution >= 4 is 28.7 Å². The molecular weight excluding hydrogens is 248 g/mol. The van der Waals surface area contributed by atoms with Gasteiger partial charge in [0.05, 0.1) is 0 Å². The smallest absolute Gasteiger partial charge is 0.328 e. The van der Waals surface area contributed by atoms with Crippen LogP contribution >= 0.6 is 0 Å². The van der Waals surface area contributed by atoms with Crippen LogP contribution in [-0.2, 0) is 20.4 Å². The molecular formula is C9H14N2O5S. The Morgan fingerprint density at radius 2 is 1.94 bits per heavy atom. The number of amides is 3. The number of nitrogens with one attached hydrogen (secondary N) is 2. The third kappa shape index (κ3) is 10.6. The summed E-state index contributed by atoms with van der Waals surface area (Å²) in [6.07, 6.45) is 3.46. The number of hydrogen-bond acceptors (Lipinski definition) is 4. The van der Waals surface area contributed by atoms with Crippen molar-refractivity contribution in [2.45, 2.75) is 6.42 Å². The Bertz CT molecular complexity index is 353. The lowest BCUT2D eigenvalue weighted by Gasteiger charge is -2.03. The lowest BCUT2D eigenvalue weighted by atomic mass is 10.4. The molecule has 0 aromatic carbocycles. The first-order valence-corrected chi connectivity index (χ1v) is 6.44. The minimum absolute atomic E-state index is 0.293. The van der Waals surface area contributed by atoms with Crippen LogP contribution in [0.15, 0.2) is 12.2 Å². The van der Waals surface area contributed by atoms with Gasteiger partial charge in [0.15, 0.2) is 0 Å². The van der Waals surface area contributed by atoms with Crippen LogP contribution in [0.4, 0.5) is 4.79 Å². The summed E-state index contributed by atoms with van der Waals surface area (Å²) in [4.78, 5) is 32.0. The molecule has 17 heavy (non-hydrogen) atoms. The highest BCUT2D eigenvalue weighted by Gasteiger charge is 2.04. The number of carbonyl (C=O) groups is 3. The van der Waals surface area contributed by atoms with Gasteiger partial charge in [0.25, 0.3) is 5.91 Å². The van der Waals surface area contributed by atoms with Gasteiger partial charge < -0.3 is 10.4 Å². The highest BCUT2D eigenvalue weighted by Crippen LogP contribution is 1.82. The number of carbonyl (C=O) groups excluding carboxylic acids is 2. The van der Waals surface area contributed by atoms with Crippen molar-refractivity contribution in [2.24, 2.45) is 0 Å². The summed E-state index contributed by atoms with van der Waals surface area (Å²) in [6.45, 7) is 0.293. The van der Waals surface area contributed by atoms with Gasteiger partial charge in [-0.15, -0.1) is 0 Å². The van der Waals surface area contributed by atoms with Crippen LogP contribution in [0, 0.1) is 0 Å². The molecule has 3 N–H and O–H groups in total. The predicted molar refractivity (Wildman–Crippen MR) is 61.9 cm³/mol. The van der Waals surface area contributed by atoms with Gasteiger partial charge in [-0.05, 0) is 6.42 Å². The van der Waals surface area contributed by atoms with E-state index in [1.165, 1.54) is 0 Å². The van der Waals surface area contributed by atoms with Gasteiger partial charge in [-0.1, -0.05) is 0 Å². The van der Waals surface area contributed by atoms with Crippen LogP contribution < -0.4 is 10.6 Å². The monoisotopic (exact) mass is 262 g/mol. The fourth-order valence-electron chi connectivity index (χ4n) is 0.822. The van der Waals surface area contributed by atoms with E-state index in [2.05, 4.69) is 5.32 Å². The Hall–Kier alpha value is -1.70. The minimum Gasteiger partial charge on any atom is -0.478 e. The predicted octanol–water partition coefficient (Wildman–Crippen LogP) is -0.778. The van der Waals surface area contributed by atoms with Crippen molar-refractivity contribution in [3.05, 3.63) is 12.2 Å². The van der Waals surface area contributed by atoms with E-state index in [1.807, 2.05) is 5.32 Å². The number of hydrogen-bond donors (Lipinski definition) is 3. The van der Waals surface area contributed by atoms with Gasteiger partial charge in [-0.2, -0.15) is 0 Å². The van der Waals surface area contributed by atoms with Gasteiger partial charge in [0.1, 0.15) is 0 Å². The lowest BCUT2D eigenvalue weighted by molar-refractivity contribution is -0.131. The third-order valence-electron chi connectivity index (χ3n) is 1.51. The lowest BCUT2D eigenvalue weighted by Crippen LogP contribution is -2.39. The summed E-state index contributed by atoms with van der Waals surface area (Å²) >= 11 is 0. The molecule has 0 fully saturated rings. The molecule has 0 spiro atoms. The van der Waals surface area contributed by atoms with Gasteiger partial charge in [0, 0.05) is 41.5 Å². The van der Waals surface area contributed by atoms with E-state index >= 15 is 0 Å². The molecule has 0 saturated carbocycles. The van der Waals surface area contributed by atoms with Crippen molar-refractivity contribution in [1.29, 1.82) is 0 Å². The van der Waals surface area contributed by atoms with Crippen molar-refractivity contribution in [3.8, 4) is 0 Å². The van der Waals surface area contributed by atoms with Crippen LogP contribution in [0.5, 0.6) is 0 Å². The molecule has 0 aromatic heterocycles. The molecule has 1 atom stereocenters. The first-order chi connectivity index (χ1) is 7.91. The maximum atomic E-state index is 11.0. The second-order valence-corrected chi connectivity index (χ2v) is 4.60. The van der Waals surface area contributed by atoms with Crippen LogP contribution in [-0.4, -0.2) is 45.8 Å². The number of aliphatic carboxylic acids is 1. The normalized spacial score (nSPS) is 12.1. The minimum atomic E-state index is -1.27. The van der Waals surface area contributed by atoms with E-state index in [9.17, 15) is 18.6 Å². The number of urea groups is 1. The van der Waals surface area contributed by atoms with Gasteiger partial charge in [-0.25, -0.2) is 9.59 Å². The Balaban J connectivity index is 3.75. The van der Waals surface area contributed by atoms with Crippen LogP contribution in [0.2, 0.25) is 0 Å². The topological polar surface area (TPSA) is 113 Å². The summed E-state index contributed by atoms with van der Waals surface area (Å²) in [5.41, 5.74) is 0. The quantitative estimate of drug-likeness (QED) is 0.429. The van der Waals surface area contributed by atoms with Crippen molar-refractivity contribution in [1.82, 2.24) is 10.6 Å². The summed E-state index contributed by atoms with van der Waals surface area (Å²) in [5, 5.41) is 12.5. The maximum absolute atomic E-state index is 11.0. The molecule has 3 amide bonds. The van der Waals surface area contributed by atoms with Crippen LogP contribution in [0.3, 0.4) is 0 Å². The zero-order valence-electron chi connectivity index (χ0n) is 9.26. The molecule has 8 heteroatoms. The Kier molecular flexibility index (Phi) is 7.61. The molecule has 0 radical (unpaired) electrons. The van der Waals surface area contributed by atoms with E-state index in [0.717, 1.165) is 6.08 Å². The molecule has 0 aliphatic carbocycles. The van der Waals surface area contributed by atoms with E-state index in [0.29, 0.717) is 24.8 Å². The molecule has 0 bridgehead atoms. The van der Waals surface area contributed by atoms with E-state index in [-0.39, 0.29) is 0 Å². The Morgan fingerprint density at radius 1 is 1.29 bits per heavy atom. The van der Waals surface area contributed by atoms with Crippen molar-refractivity contribution in [2.75, 3.05) is 18.6 Å². The molecule has 0 aliphatic rings. The molecule has 0 saturated heterocycles. The van der Waals surface area contributed by atoms with Gasteiger partial charge in [-0.3, -0.25) is 14.3 Å². The summed E-state index contributed by atoms with van der Waals surface area (Å²) in [5.74, 6) is -1.62. The second kappa shape index (κ2) is 8.45. The number of imide groups is 1. The van der Waals surface area contributed by atoms with Gasteiger partial charge in [0.2, 0.25) is 0 Å². The summed E-state index contributed by atoms with van der Waals surface area (Å²) in [6, 6.07) is -0.716. The molecule has 1 unspecified atom stereocenters. The second-order valence-electron chi connectivity index (χ2n) is 3.05. The van der Waals surface area contributed by atoms with Crippen LogP contribution in [0.25, 0.3) is 0 Å². The molecule has 0 heterocycles. The Morgan fingerprint density at radius 3 is 2.47 bits per heavy atom. The zero-order valence-corrected chi connectivity index (χ0v) is 10.1. The van der Waals surface area contributed by atoms with Crippen LogP contribution in [0.1, 0.15) is 6.42 Å². The molecule has 0 aromatic rings. The van der Waals surface area contributed by atoms with Crippen molar-refractivity contribution < 1.29 is 23.7 Å². The van der Waals surface area contributed by atoms with E-state index in [4.69, 9.17) is 5.11 Å². The summed E-state index contributed by atoms with van der Waals surface area (Å²) in [7, 11) is -0.914. The third-order valence-corrected chi connectivity index (χ3v) is 2.37. The summed E-state index contributed by atoms with van der Waals surface area (Å²) < 4.78 is 10.7. The molecule has 96 valence electrons. The standard InChI is InChI=1S/C9H14N2O5S/c1-17(16)6-2-5-10-9(15)11-7(12)3-4-8(13)14/h3-4H,2,5-6H2,1H3,(H,13,14)(H2,10,11,12,15)/b4-3+. The first kappa shape index (κ1) is 15.3. The van der Waals surface area contributed by atoms with Crippen molar-refractivity contribution in [3.63, 3.8) is 0 Å². The maximum Gasteiger partial charge on any atom is 0.328 e. The fourth-order valence-corrected chi connectivity index (χ4v) is 1.37. The van der Waals surface area contributed by atoms with Gasteiger partial charge >= 0.3 is 12.0 Å². The highest BCUT2D eigenvalue weighted by molar-refractivity contribution is 7.84. The molecule has 0 rings (SSSR count). The molecule has 7 nitrogen and oxygen atoms in total. The number of rotatable bonds is 6. The van der Waals surface area contributed by atoms with E-state index in [1.54, 1.807) is 6.26 Å². The fraction of sp³-hybridized carbons (Fsp3) is 0.444. The largest absolute Gasteiger partial charge is 0.478 e. The number of carboxylic acids is 1. The average molecular weight is 262 g/mol. The Labute approximate surface area is 101 Å².